The fourth-order valence-electron chi connectivity index (χ4n) is 3.02. The molecule has 0 saturated heterocycles. The number of hydrogen-bond acceptors (Lipinski definition) is 6. The average Bonchev–Trinajstić information content (AvgIpc) is 3.25. The predicted molar refractivity (Wildman–Crippen MR) is 126 cm³/mol. The highest BCUT2D eigenvalue weighted by molar-refractivity contribution is 7.18. The topological polar surface area (TPSA) is 77.5 Å². The minimum Gasteiger partial charge on any atom is -0.497 e. The molecule has 0 aliphatic rings. The first-order valence-electron chi connectivity index (χ1n) is 9.86. The van der Waals surface area contributed by atoms with Gasteiger partial charge in [-0.25, -0.2) is 9.78 Å². The molecule has 1 amide bonds. The van der Waals surface area contributed by atoms with Crippen molar-refractivity contribution in [2.75, 3.05) is 12.4 Å². The number of methoxy groups -OCH3 is 1. The van der Waals surface area contributed by atoms with Gasteiger partial charge >= 0.3 is 5.97 Å². The second-order valence-electron chi connectivity index (χ2n) is 6.79. The van der Waals surface area contributed by atoms with Gasteiger partial charge in [-0.05, 0) is 48.0 Å². The molecule has 0 bridgehead atoms. The number of thiazole rings is 1. The Bertz CT molecular complexity index is 1250. The van der Waals surface area contributed by atoms with Crippen LogP contribution in [-0.4, -0.2) is 24.0 Å². The first-order valence-corrected chi connectivity index (χ1v) is 10.7. The Hall–Kier alpha value is -3.97. The van der Waals surface area contributed by atoms with E-state index >= 15 is 0 Å². The van der Waals surface area contributed by atoms with Crippen molar-refractivity contribution in [1.82, 2.24) is 4.98 Å². The lowest BCUT2D eigenvalue weighted by molar-refractivity contribution is -0.111. The van der Waals surface area contributed by atoms with Crippen molar-refractivity contribution in [3.8, 4) is 5.75 Å². The van der Waals surface area contributed by atoms with E-state index in [-0.39, 0.29) is 18.1 Å². The number of aromatic nitrogens is 1. The van der Waals surface area contributed by atoms with Gasteiger partial charge in [0.05, 0.1) is 28.6 Å². The van der Waals surface area contributed by atoms with Crippen LogP contribution in [0, 0.1) is 0 Å². The molecule has 6 nitrogen and oxygen atoms in total. The molecule has 1 N–H and O–H groups in total. The molecule has 7 heteroatoms. The maximum atomic E-state index is 12.6. The van der Waals surface area contributed by atoms with E-state index in [1.54, 1.807) is 37.5 Å². The molecular weight excluding hydrogens is 424 g/mol. The maximum Gasteiger partial charge on any atom is 0.340 e. The van der Waals surface area contributed by atoms with Crippen LogP contribution in [0.2, 0.25) is 0 Å². The number of amides is 1. The monoisotopic (exact) mass is 444 g/mol. The molecule has 4 rings (SSSR count). The van der Waals surface area contributed by atoms with Gasteiger partial charge in [0.25, 0.3) is 0 Å². The third-order valence-corrected chi connectivity index (χ3v) is 5.62. The lowest BCUT2D eigenvalue weighted by Crippen LogP contribution is -2.13. The Morgan fingerprint density at radius 3 is 2.53 bits per heavy atom. The van der Waals surface area contributed by atoms with Crippen LogP contribution in [0.3, 0.4) is 0 Å². The van der Waals surface area contributed by atoms with E-state index in [0.717, 1.165) is 21.5 Å². The van der Waals surface area contributed by atoms with Gasteiger partial charge in [0.1, 0.15) is 17.4 Å². The number of hydrogen-bond donors (Lipinski definition) is 1. The van der Waals surface area contributed by atoms with Crippen LogP contribution in [0.25, 0.3) is 16.3 Å². The van der Waals surface area contributed by atoms with Gasteiger partial charge in [0.15, 0.2) is 0 Å². The lowest BCUT2D eigenvalue weighted by atomic mass is 10.1. The SMILES string of the molecule is COc1ccc(C=CC(=O)Nc2ccccc2C(=O)OCc2nc3ccccc3s2)cc1. The second kappa shape index (κ2) is 9.89. The van der Waals surface area contributed by atoms with Crippen molar-refractivity contribution in [3.63, 3.8) is 0 Å². The van der Waals surface area contributed by atoms with Crippen molar-refractivity contribution in [3.05, 3.63) is 95.0 Å². The van der Waals surface area contributed by atoms with Crippen LogP contribution in [-0.2, 0) is 16.1 Å². The van der Waals surface area contributed by atoms with Crippen molar-refractivity contribution >= 4 is 45.2 Å². The summed E-state index contributed by atoms with van der Waals surface area (Å²) in [5.41, 5.74) is 2.38. The van der Waals surface area contributed by atoms with Crippen LogP contribution in [0.15, 0.2) is 78.9 Å². The van der Waals surface area contributed by atoms with Crippen molar-refractivity contribution in [1.29, 1.82) is 0 Å². The van der Waals surface area contributed by atoms with Crippen LogP contribution < -0.4 is 10.1 Å². The van der Waals surface area contributed by atoms with Crippen LogP contribution in [0.4, 0.5) is 5.69 Å². The zero-order chi connectivity index (χ0) is 22.3. The van der Waals surface area contributed by atoms with Gasteiger partial charge < -0.3 is 14.8 Å². The summed E-state index contributed by atoms with van der Waals surface area (Å²) in [4.78, 5) is 29.5. The lowest BCUT2D eigenvalue weighted by Gasteiger charge is -2.09. The van der Waals surface area contributed by atoms with Gasteiger partial charge in [-0.15, -0.1) is 11.3 Å². The third-order valence-electron chi connectivity index (χ3n) is 4.61. The summed E-state index contributed by atoms with van der Waals surface area (Å²) < 4.78 is 11.6. The van der Waals surface area contributed by atoms with Crippen LogP contribution >= 0.6 is 11.3 Å². The number of carbonyl (C=O) groups excluding carboxylic acids is 2. The summed E-state index contributed by atoms with van der Waals surface area (Å²) in [6.45, 7) is 0.0673. The summed E-state index contributed by atoms with van der Waals surface area (Å²) in [5, 5.41) is 3.45. The number of rotatable bonds is 7. The molecule has 0 unspecified atom stereocenters. The van der Waals surface area contributed by atoms with E-state index in [4.69, 9.17) is 9.47 Å². The number of esters is 1. The van der Waals surface area contributed by atoms with Gasteiger partial charge in [-0.3, -0.25) is 4.79 Å². The molecule has 0 aliphatic heterocycles. The molecule has 1 heterocycles. The Morgan fingerprint density at radius 1 is 1.00 bits per heavy atom. The number of nitrogens with zero attached hydrogens (tertiary/aromatic N) is 1. The molecule has 32 heavy (non-hydrogen) atoms. The average molecular weight is 445 g/mol. The van der Waals surface area contributed by atoms with Crippen LogP contribution in [0.5, 0.6) is 5.75 Å². The molecule has 0 spiro atoms. The van der Waals surface area contributed by atoms with Gasteiger partial charge in [0, 0.05) is 6.08 Å². The Kier molecular flexibility index (Phi) is 6.57. The number of benzene rings is 3. The Balaban J connectivity index is 1.40. The molecule has 0 saturated carbocycles. The van der Waals surface area contributed by atoms with E-state index < -0.39 is 5.97 Å². The molecule has 0 fully saturated rings. The fourth-order valence-corrected chi connectivity index (χ4v) is 3.90. The molecule has 0 aliphatic carbocycles. The van der Waals surface area contributed by atoms with E-state index in [9.17, 15) is 9.59 Å². The highest BCUT2D eigenvalue weighted by Gasteiger charge is 2.15. The quantitative estimate of drug-likeness (QED) is 0.309. The summed E-state index contributed by atoms with van der Waals surface area (Å²) in [5.74, 6) is -0.142. The van der Waals surface area contributed by atoms with Gasteiger partial charge in [-0.2, -0.15) is 0 Å². The smallest absolute Gasteiger partial charge is 0.340 e. The summed E-state index contributed by atoms with van der Waals surface area (Å²) in [7, 11) is 1.60. The van der Waals surface area contributed by atoms with Gasteiger partial charge in [-0.1, -0.05) is 36.4 Å². The predicted octanol–water partition coefficient (Wildman–Crippen LogP) is 5.31. The first-order chi connectivity index (χ1) is 15.6. The van der Waals surface area contributed by atoms with E-state index in [1.165, 1.54) is 17.4 Å². The zero-order valence-corrected chi connectivity index (χ0v) is 18.1. The number of fused-ring (bicyclic) bond motifs is 1. The maximum absolute atomic E-state index is 12.6. The summed E-state index contributed by atoms with van der Waals surface area (Å²) >= 11 is 1.48. The van der Waals surface area contributed by atoms with E-state index in [2.05, 4.69) is 10.3 Å². The van der Waals surface area contributed by atoms with E-state index in [1.807, 2.05) is 48.5 Å². The van der Waals surface area contributed by atoms with Crippen molar-refractivity contribution in [2.45, 2.75) is 6.61 Å². The van der Waals surface area contributed by atoms with E-state index in [0.29, 0.717) is 10.7 Å². The third kappa shape index (κ3) is 5.19. The van der Waals surface area contributed by atoms with Crippen LogP contribution in [0.1, 0.15) is 20.9 Å². The zero-order valence-electron chi connectivity index (χ0n) is 17.3. The molecular formula is C25H20N2O4S. The number of anilines is 1. The molecule has 0 radical (unpaired) electrons. The van der Waals surface area contributed by atoms with Crippen molar-refractivity contribution in [2.24, 2.45) is 0 Å². The normalized spacial score (nSPS) is 10.9. The standard InChI is InChI=1S/C25H20N2O4S/c1-30-18-13-10-17(11-14-18)12-15-23(28)26-20-7-3-2-6-19(20)25(29)31-16-24-27-21-8-4-5-9-22(21)32-24/h2-15H,16H2,1H3,(H,26,28). The Morgan fingerprint density at radius 2 is 1.75 bits per heavy atom. The molecule has 3 aromatic carbocycles. The molecule has 0 atom stereocenters. The summed E-state index contributed by atoms with van der Waals surface area (Å²) in [6.07, 6.45) is 3.09. The molecule has 160 valence electrons. The highest BCUT2D eigenvalue weighted by atomic mass is 32.1. The Labute approximate surface area is 189 Å². The minimum absolute atomic E-state index is 0.0673. The molecule has 1 aromatic heterocycles. The number of carbonyl (C=O) groups is 2. The minimum atomic E-state index is -0.528. The fraction of sp³-hybridized carbons (Fsp3) is 0.0800. The largest absolute Gasteiger partial charge is 0.497 e. The first kappa shape index (κ1) is 21.3. The van der Waals surface area contributed by atoms with Gasteiger partial charge in [0.2, 0.25) is 5.91 Å². The second-order valence-corrected chi connectivity index (χ2v) is 7.91. The van der Waals surface area contributed by atoms with Crippen molar-refractivity contribution < 1.29 is 19.1 Å². The number of ether oxygens (including phenoxy) is 2. The highest BCUT2D eigenvalue weighted by Crippen LogP contribution is 2.23. The number of para-hydroxylation sites is 2. The number of nitrogens with one attached hydrogen (secondary N) is 1. The molecule has 4 aromatic rings. The summed E-state index contributed by atoms with van der Waals surface area (Å²) in [6, 6.07) is 21.8.